The second kappa shape index (κ2) is 3.92. The van der Waals surface area contributed by atoms with Crippen LogP contribution >= 0.6 is 0 Å². The Bertz CT molecular complexity index is 470. The highest BCUT2D eigenvalue weighted by molar-refractivity contribution is 5.89. The average Bonchev–Trinajstić information content (AvgIpc) is 2.17. The summed E-state index contributed by atoms with van der Waals surface area (Å²) in [4.78, 5) is 14.6. The maximum absolute atomic E-state index is 10.6. The molecule has 0 spiro atoms. The van der Waals surface area contributed by atoms with Crippen LogP contribution < -0.4 is 0 Å². The summed E-state index contributed by atoms with van der Waals surface area (Å²) >= 11 is 0. The summed E-state index contributed by atoms with van der Waals surface area (Å²) in [6, 6.07) is 10.7. The fourth-order valence-corrected chi connectivity index (χ4v) is 1.19. The standard InChI is InChI=1S/C10H7NO2.BH3/c12-10(13)9-6-5-7-3-1-2-4-8(7)11-9;/h1-6H,(H,12,13);1H3. The first-order chi connectivity index (χ1) is 6.27. The zero-order valence-electron chi connectivity index (χ0n) is 6.77. The minimum atomic E-state index is -0.995. The molecule has 2 aromatic rings. The number of hydrogen-bond donors (Lipinski definition) is 1. The average molecular weight is 187 g/mol. The predicted molar refractivity (Wildman–Crippen MR) is 58.6 cm³/mol. The van der Waals surface area contributed by atoms with E-state index in [4.69, 9.17) is 5.11 Å². The Kier molecular flexibility index (Phi) is 2.87. The van der Waals surface area contributed by atoms with Gasteiger partial charge in [0, 0.05) is 5.39 Å². The number of carboxylic acids is 1. The van der Waals surface area contributed by atoms with Crippen LogP contribution in [0.25, 0.3) is 10.9 Å². The molecular weight excluding hydrogens is 177 g/mol. The van der Waals surface area contributed by atoms with Crippen molar-refractivity contribution in [3.63, 3.8) is 0 Å². The molecule has 0 aliphatic heterocycles. The van der Waals surface area contributed by atoms with Gasteiger partial charge < -0.3 is 5.11 Å². The van der Waals surface area contributed by atoms with Crippen molar-refractivity contribution in [2.75, 3.05) is 0 Å². The van der Waals surface area contributed by atoms with E-state index in [-0.39, 0.29) is 14.1 Å². The van der Waals surface area contributed by atoms with E-state index in [0.717, 1.165) is 5.39 Å². The van der Waals surface area contributed by atoms with Gasteiger partial charge in [-0.3, -0.25) is 0 Å². The highest BCUT2D eigenvalue weighted by Crippen LogP contribution is 2.11. The van der Waals surface area contributed by atoms with Gasteiger partial charge in [-0.1, -0.05) is 24.3 Å². The van der Waals surface area contributed by atoms with Crippen LogP contribution in [-0.2, 0) is 0 Å². The lowest BCUT2D eigenvalue weighted by Gasteiger charge is -1.97. The van der Waals surface area contributed by atoms with Gasteiger partial charge in [-0.05, 0) is 12.1 Å². The first kappa shape index (κ1) is 10.2. The molecule has 70 valence electrons. The fraction of sp³-hybridized carbons (Fsp3) is 0. The zero-order chi connectivity index (χ0) is 9.26. The number of benzene rings is 1. The molecule has 1 heterocycles. The Morgan fingerprint density at radius 2 is 1.86 bits per heavy atom. The first-order valence-corrected chi connectivity index (χ1v) is 3.86. The SMILES string of the molecule is B.O=C(O)c1ccc2ccccc2n1. The van der Waals surface area contributed by atoms with E-state index in [1.54, 1.807) is 12.1 Å². The van der Waals surface area contributed by atoms with Gasteiger partial charge in [0.05, 0.1) is 13.9 Å². The Hall–Kier alpha value is -1.84. The number of carboxylic acid groups (broad SMARTS) is 1. The van der Waals surface area contributed by atoms with E-state index in [1.165, 1.54) is 6.07 Å². The predicted octanol–water partition coefficient (Wildman–Crippen LogP) is 0.749. The number of hydrogen-bond acceptors (Lipinski definition) is 2. The Labute approximate surface area is 83.0 Å². The smallest absolute Gasteiger partial charge is 0.354 e. The normalized spacial score (nSPS) is 9.43. The maximum Gasteiger partial charge on any atom is 0.354 e. The van der Waals surface area contributed by atoms with Gasteiger partial charge in [-0.25, -0.2) is 9.78 Å². The van der Waals surface area contributed by atoms with E-state index in [1.807, 2.05) is 18.2 Å². The number of pyridine rings is 1. The molecule has 0 radical (unpaired) electrons. The number of rotatable bonds is 1. The topological polar surface area (TPSA) is 50.2 Å². The van der Waals surface area contributed by atoms with Gasteiger partial charge in [0.2, 0.25) is 0 Å². The van der Waals surface area contributed by atoms with Gasteiger partial charge in [0.25, 0.3) is 0 Å². The van der Waals surface area contributed by atoms with Crippen LogP contribution in [-0.4, -0.2) is 24.5 Å². The summed E-state index contributed by atoms with van der Waals surface area (Å²) in [5, 5.41) is 9.63. The monoisotopic (exact) mass is 187 g/mol. The van der Waals surface area contributed by atoms with Crippen molar-refractivity contribution in [2.45, 2.75) is 0 Å². The molecule has 0 saturated carbocycles. The van der Waals surface area contributed by atoms with Crippen molar-refractivity contribution in [1.82, 2.24) is 4.98 Å². The summed E-state index contributed by atoms with van der Waals surface area (Å²) in [6.07, 6.45) is 0. The minimum absolute atomic E-state index is 0. The second-order valence-electron chi connectivity index (χ2n) is 2.69. The van der Waals surface area contributed by atoms with Crippen LogP contribution in [0.1, 0.15) is 10.5 Å². The van der Waals surface area contributed by atoms with Crippen LogP contribution in [0.2, 0.25) is 0 Å². The van der Waals surface area contributed by atoms with Crippen molar-refractivity contribution in [3.05, 3.63) is 42.1 Å². The number of aromatic carboxylic acids is 1. The summed E-state index contributed by atoms with van der Waals surface area (Å²) < 4.78 is 0. The number of aromatic nitrogens is 1. The minimum Gasteiger partial charge on any atom is -0.477 e. The lowest BCUT2D eigenvalue weighted by molar-refractivity contribution is 0.0691. The van der Waals surface area contributed by atoms with Crippen LogP contribution in [0.15, 0.2) is 36.4 Å². The van der Waals surface area contributed by atoms with E-state index in [9.17, 15) is 4.79 Å². The highest BCUT2D eigenvalue weighted by Gasteiger charge is 2.03. The summed E-state index contributed by atoms with van der Waals surface area (Å²) in [6.45, 7) is 0. The lowest BCUT2D eigenvalue weighted by Crippen LogP contribution is -1.99. The van der Waals surface area contributed by atoms with Gasteiger partial charge in [-0.15, -0.1) is 0 Å². The molecule has 4 heteroatoms. The summed E-state index contributed by atoms with van der Waals surface area (Å²) in [7, 11) is 0. The number of carbonyl (C=O) groups is 1. The summed E-state index contributed by atoms with van der Waals surface area (Å²) in [5.74, 6) is -0.995. The first-order valence-electron chi connectivity index (χ1n) is 3.86. The number of para-hydroxylation sites is 1. The van der Waals surface area contributed by atoms with Gasteiger partial charge in [0.15, 0.2) is 0 Å². The molecule has 3 nitrogen and oxygen atoms in total. The Morgan fingerprint density at radius 3 is 2.57 bits per heavy atom. The molecule has 0 aliphatic rings. The lowest BCUT2D eigenvalue weighted by atomic mass is 10.2. The van der Waals surface area contributed by atoms with Crippen LogP contribution in [0.3, 0.4) is 0 Å². The Morgan fingerprint density at radius 1 is 1.14 bits per heavy atom. The molecule has 1 aromatic heterocycles. The van der Waals surface area contributed by atoms with Crippen molar-refractivity contribution >= 4 is 25.3 Å². The van der Waals surface area contributed by atoms with Gasteiger partial charge >= 0.3 is 5.97 Å². The van der Waals surface area contributed by atoms with Crippen molar-refractivity contribution < 1.29 is 9.90 Å². The molecule has 2 rings (SSSR count). The quantitative estimate of drug-likeness (QED) is 0.670. The zero-order valence-corrected chi connectivity index (χ0v) is 6.77. The van der Waals surface area contributed by atoms with Crippen molar-refractivity contribution in [3.8, 4) is 0 Å². The third-order valence-corrected chi connectivity index (χ3v) is 1.82. The third-order valence-electron chi connectivity index (χ3n) is 1.82. The van der Waals surface area contributed by atoms with Crippen LogP contribution in [0, 0.1) is 0 Å². The van der Waals surface area contributed by atoms with Crippen LogP contribution in [0.5, 0.6) is 0 Å². The molecule has 0 bridgehead atoms. The van der Waals surface area contributed by atoms with Crippen LogP contribution in [0.4, 0.5) is 0 Å². The molecule has 0 unspecified atom stereocenters. The van der Waals surface area contributed by atoms with E-state index in [2.05, 4.69) is 4.98 Å². The highest BCUT2D eigenvalue weighted by atomic mass is 16.4. The maximum atomic E-state index is 10.6. The second-order valence-corrected chi connectivity index (χ2v) is 2.69. The van der Waals surface area contributed by atoms with E-state index >= 15 is 0 Å². The largest absolute Gasteiger partial charge is 0.477 e. The third kappa shape index (κ3) is 1.74. The van der Waals surface area contributed by atoms with Gasteiger partial charge in [0.1, 0.15) is 5.69 Å². The molecule has 0 aliphatic carbocycles. The molecular formula is C10H10BNO2. The van der Waals surface area contributed by atoms with Crippen molar-refractivity contribution in [1.29, 1.82) is 0 Å². The molecule has 0 atom stereocenters. The van der Waals surface area contributed by atoms with E-state index < -0.39 is 5.97 Å². The fourth-order valence-electron chi connectivity index (χ4n) is 1.19. The molecule has 1 N–H and O–H groups in total. The Balaban J connectivity index is 0.000000980. The van der Waals surface area contributed by atoms with Crippen molar-refractivity contribution in [2.24, 2.45) is 0 Å². The molecule has 0 fully saturated rings. The summed E-state index contributed by atoms with van der Waals surface area (Å²) in [5.41, 5.74) is 0.793. The number of fused-ring (bicyclic) bond motifs is 1. The van der Waals surface area contributed by atoms with E-state index in [0.29, 0.717) is 5.52 Å². The number of nitrogens with zero attached hydrogens (tertiary/aromatic N) is 1. The molecule has 0 saturated heterocycles. The molecule has 14 heavy (non-hydrogen) atoms. The molecule has 0 amide bonds. The molecule has 1 aromatic carbocycles. The van der Waals surface area contributed by atoms with Gasteiger partial charge in [-0.2, -0.15) is 0 Å².